The fraction of sp³-hybridized carbons (Fsp3) is 0.600. The predicted molar refractivity (Wildman–Crippen MR) is 89.0 cm³/mol. The molecule has 0 saturated carbocycles. The molecule has 1 aromatic rings. The first-order valence-electron chi connectivity index (χ1n) is 7.34. The van der Waals surface area contributed by atoms with Gasteiger partial charge in [-0.1, -0.05) is 24.6 Å². The molecule has 21 heavy (non-hydrogen) atoms. The van der Waals surface area contributed by atoms with Crippen LogP contribution in [0.25, 0.3) is 0 Å². The summed E-state index contributed by atoms with van der Waals surface area (Å²) in [4.78, 5) is 2.09. The third kappa shape index (κ3) is 3.90. The van der Waals surface area contributed by atoms with E-state index in [0.29, 0.717) is 11.6 Å². The molecular formula is C15H23ClN2O2S. The third-order valence-corrected chi connectivity index (χ3v) is 6.06. The first kappa shape index (κ1) is 16.6. The van der Waals surface area contributed by atoms with Crippen LogP contribution in [-0.4, -0.2) is 39.1 Å². The second-order valence-corrected chi connectivity index (χ2v) is 8.28. The van der Waals surface area contributed by atoms with Crippen LogP contribution in [0.5, 0.6) is 0 Å². The molecule has 1 fully saturated rings. The molecule has 1 aliphatic heterocycles. The van der Waals surface area contributed by atoms with Crippen molar-refractivity contribution in [2.45, 2.75) is 32.9 Å². The minimum Gasteiger partial charge on any atom is -0.366 e. The van der Waals surface area contributed by atoms with Gasteiger partial charge in [-0.05, 0) is 38.1 Å². The molecule has 0 radical (unpaired) electrons. The molecule has 118 valence electrons. The van der Waals surface area contributed by atoms with Crippen LogP contribution in [0.3, 0.4) is 0 Å². The van der Waals surface area contributed by atoms with E-state index in [0.717, 1.165) is 17.8 Å². The quantitative estimate of drug-likeness (QED) is 0.922. The van der Waals surface area contributed by atoms with E-state index in [4.69, 9.17) is 11.6 Å². The van der Waals surface area contributed by atoms with Crippen molar-refractivity contribution >= 4 is 27.1 Å². The molecule has 4 nitrogen and oxygen atoms in total. The van der Waals surface area contributed by atoms with Crippen molar-refractivity contribution in [3.05, 3.63) is 28.8 Å². The summed E-state index contributed by atoms with van der Waals surface area (Å²) in [6.45, 7) is 7.52. The monoisotopic (exact) mass is 330 g/mol. The first-order chi connectivity index (χ1) is 9.84. The van der Waals surface area contributed by atoms with E-state index in [-0.39, 0.29) is 23.6 Å². The van der Waals surface area contributed by atoms with E-state index in [1.54, 1.807) is 0 Å². The normalized spacial score (nSPS) is 23.0. The number of hydrogen-bond donors (Lipinski definition) is 1. The largest absolute Gasteiger partial charge is 0.366 e. The van der Waals surface area contributed by atoms with Gasteiger partial charge in [0.15, 0.2) is 9.84 Å². The molecule has 1 heterocycles. The summed E-state index contributed by atoms with van der Waals surface area (Å²) in [6, 6.07) is 6.24. The molecule has 2 unspecified atom stereocenters. The van der Waals surface area contributed by atoms with E-state index in [1.807, 2.05) is 19.1 Å². The molecule has 0 spiro atoms. The minimum absolute atomic E-state index is 0.0432. The number of hydrogen-bond acceptors (Lipinski definition) is 4. The van der Waals surface area contributed by atoms with Crippen molar-refractivity contribution in [2.75, 3.05) is 29.5 Å². The maximum absolute atomic E-state index is 11.7. The zero-order valence-electron chi connectivity index (χ0n) is 12.8. The number of halogens is 1. The molecule has 0 bridgehead atoms. The summed E-state index contributed by atoms with van der Waals surface area (Å²) in [5.41, 5.74) is 2.06. The average molecular weight is 331 g/mol. The number of nitrogens with one attached hydrogen (secondary N) is 1. The lowest BCUT2D eigenvalue weighted by molar-refractivity contribution is 0.568. The Balaban J connectivity index is 2.21. The highest BCUT2D eigenvalue weighted by molar-refractivity contribution is 7.91. The maximum Gasteiger partial charge on any atom is 0.154 e. The number of anilines is 1. The fourth-order valence-corrected chi connectivity index (χ4v) is 4.66. The Morgan fingerprint density at radius 1 is 1.48 bits per heavy atom. The zero-order chi connectivity index (χ0) is 15.6. The summed E-state index contributed by atoms with van der Waals surface area (Å²) >= 11 is 6.42. The van der Waals surface area contributed by atoms with E-state index in [2.05, 4.69) is 30.1 Å². The van der Waals surface area contributed by atoms with Crippen molar-refractivity contribution in [3.63, 3.8) is 0 Å². The Labute approximate surface area is 132 Å². The van der Waals surface area contributed by atoms with Crippen LogP contribution in [0.15, 0.2) is 18.2 Å². The number of rotatable bonds is 4. The maximum atomic E-state index is 11.7. The van der Waals surface area contributed by atoms with Crippen LogP contribution >= 0.6 is 11.6 Å². The summed E-state index contributed by atoms with van der Waals surface area (Å²) in [5, 5.41) is 4.04. The van der Waals surface area contributed by atoms with E-state index >= 15 is 0 Å². The van der Waals surface area contributed by atoms with Gasteiger partial charge in [-0.25, -0.2) is 8.42 Å². The molecule has 6 heteroatoms. The summed E-state index contributed by atoms with van der Waals surface area (Å²) in [7, 11) is -2.91. The van der Waals surface area contributed by atoms with Crippen LogP contribution < -0.4 is 10.2 Å². The van der Waals surface area contributed by atoms with Crippen LogP contribution in [0, 0.1) is 0 Å². The van der Waals surface area contributed by atoms with Crippen molar-refractivity contribution in [2.24, 2.45) is 0 Å². The van der Waals surface area contributed by atoms with Gasteiger partial charge >= 0.3 is 0 Å². The summed E-state index contributed by atoms with van der Waals surface area (Å²) < 4.78 is 23.3. The molecule has 0 aliphatic carbocycles. The highest BCUT2D eigenvalue weighted by Crippen LogP contribution is 2.31. The topological polar surface area (TPSA) is 49.4 Å². The molecule has 0 amide bonds. The average Bonchev–Trinajstić information content (AvgIpc) is 2.39. The zero-order valence-corrected chi connectivity index (χ0v) is 14.3. The fourth-order valence-electron chi connectivity index (χ4n) is 2.81. The Kier molecular flexibility index (Phi) is 5.17. The highest BCUT2D eigenvalue weighted by atomic mass is 35.5. The Bertz CT molecular complexity index is 604. The van der Waals surface area contributed by atoms with Gasteiger partial charge in [0.25, 0.3) is 0 Å². The van der Waals surface area contributed by atoms with Gasteiger partial charge in [0, 0.05) is 18.6 Å². The summed E-state index contributed by atoms with van der Waals surface area (Å²) in [6.07, 6.45) is 0. The lowest BCUT2D eigenvalue weighted by atomic mass is 10.1. The molecule has 0 aromatic heterocycles. The lowest BCUT2D eigenvalue weighted by Gasteiger charge is -2.35. The first-order valence-corrected chi connectivity index (χ1v) is 9.54. The van der Waals surface area contributed by atoms with Gasteiger partial charge in [-0.2, -0.15) is 0 Å². The van der Waals surface area contributed by atoms with Crippen molar-refractivity contribution in [1.82, 2.24) is 5.32 Å². The Morgan fingerprint density at radius 2 is 2.19 bits per heavy atom. The molecule has 1 saturated heterocycles. The van der Waals surface area contributed by atoms with E-state index in [9.17, 15) is 8.42 Å². The number of benzene rings is 1. The van der Waals surface area contributed by atoms with Crippen LogP contribution in [0.2, 0.25) is 5.02 Å². The molecule has 1 aromatic carbocycles. The Hall–Kier alpha value is -0.780. The van der Waals surface area contributed by atoms with Gasteiger partial charge in [0.05, 0.1) is 22.2 Å². The van der Waals surface area contributed by atoms with Crippen LogP contribution in [0.1, 0.15) is 32.4 Å². The molecule has 1 N–H and O–H groups in total. The van der Waals surface area contributed by atoms with Gasteiger partial charge in [-0.15, -0.1) is 0 Å². The smallest absolute Gasteiger partial charge is 0.154 e. The molecule has 2 rings (SSSR count). The number of nitrogens with zero attached hydrogens (tertiary/aromatic N) is 1. The molecule has 1 aliphatic rings. The van der Waals surface area contributed by atoms with E-state index in [1.165, 1.54) is 0 Å². The van der Waals surface area contributed by atoms with Gasteiger partial charge in [0.1, 0.15) is 0 Å². The summed E-state index contributed by atoms with van der Waals surface area (Å²) in [5.74, 6) is 0.391. The van der Waals surface area contributed by atoms with Gasteiger partial charge in [0.2, 0.25) is 0 Å². The lowest BCUT2D eigenvalue weighted by Crippen LogP contribution is -2.47. The second kappa shape index (κ2) is 6.55. The van der Waals surface area contributed by atoms with Crippen molar-refractivity contribution in [1.29, 1.82) is 0 Å². The SMILES string of the molecule is CCNC(C)c1ccc(N2CCS(=O)(=O)CC2C)c(Cl)c1. The Morgan fingerprint density at radius 3 is 2.76 bits per heavy atom. The standard InChI is InChI=1S/C15H23ClN2O2S/c1-4-17-12(3)13-5-6-15(14(16)9-13)18-7-8-21(19,20)10-11(18)2/h5-6,9,11-12,17H,4,7-8,10H2,1-3H3. The minimum atomic E-state index is -2.91. The van der Waals surface area contributed by atoms with Crippen molar-refractivity contribution in [3.8, 4) is 0 Å². The molecule has 2 atom stereocenters. The number of sulfone groups is 1. The predicted octanol–water partition coefficient (Wildman–Crippen LogP) is 2.63. The van der Waals surface area contributed by atoms with Gasteiger partial charge in [-0.3, -0.25) is 0 Å². The van der Waals surface area contributed by atoms with E-state index < -0.39 is 9.84 Å². The van der Waals surface area contributed by atoms with Crippen molar-refractivity contribution < 1.29 is 8.42 Å². The van der Waals surface area contributed by atoms with Gasteiger partial charge < -0.3 is 10.2 Å². The van der Waals surface area contributed by atoms with Crippen LogP contribution in [-0.2, 0) is 9.84 Å². The highest BCUT2D eigenvalue weighted by Gasteiger charge is 2.29. The third-order valence-electron chi connectivity index (χ3n) is 3.96. The molecular weight excluding hydrogens is 308 g/mol. The van der Waals surface area contributed by atoms with Crippen LogP contribution in [0.4, 0.5) is 5.69 Å². The second-order valence-electron chi connectivity index (χ2n) is 5.65.